The van der Waals surface area contributed by atoms with Crippen molar-refractivity contribution in [2.24, 2.45) is 5.84 Å². The smallest absolute Gasteiger partial charge is 0.240 e. The Bertz CT molecular complexity index is 762. The van der Waals surface area contributed by atoms with Crippen molar-refractivity contribution in [3.8, 4) is 0 Å². The Morgan fingerprint density at radius 2 is 2.25 bits per heavy atom. The summed E-state index contributed by atoms with van der Waals surface area (Å²) in [6, 6.07) is 2.05. The van der Waals surface area contributed by atoms with Gasteiger partial charge in [0.25, 0.3) is 0 Å². The molecule has 0 saturated carbocycles. The molecule has 1 aliphatic heterocycles. The number of aromatic nitrogens is 4. The SMILES string of the molecule is NNc1nc(N2CCn3ccnc3C2)c2ccsc2n1. The van der Waals surface area contributed by atoms with Crippen LogP contribution in [0.15, 0.2) is 23.8 Å². The van der Waals surface area contributed by atoms with Gasteiger partial charge in [0.2, 0.25) is 5.95 Å². The highest BCUT2D eigenvalue weighted by molar-refractivity contribution is 7.16. The van der Waals surface area contributed by atoms with Crippen molar-refractivity contribution in [1.82, 2.24) is 19.5 Å². The van der Waals surface area contributed by atoms with Crippen LogP contribution in [0.2, 0.25) is 0 Å². The van der Waals surface area contributed by atoms with E-state index in [1.165, 1.54) is 0 Å². The quantitative estimate of drug-likeness (QED) is 0.544. The van der Waals surface area contributed by atoms with Gasteiger partial charge in [-0.05, 0) is 11.4 Å². The van der Waals surface area contributed by atoms with Gasteiger partial charge in [0.1, 0.15) is 16.5 Å². The second kappa shape index (κ2) is 4.43. The van der Waals surface area contributed by atoms with Crippen LogP contribution in [0.1, 0.15) is 5.82 Å². The molecule has 0 spiro atoms. The lowest BCUT2D eigenvalue weighted by atomic mass is 10.3. The van der Waals surface area contributed by atoms with Gasteiger partial charge in [-0.15, -0.1) is 11.3 Å². The Kier molecular flexibility index (Phi) is 2.57. The molecule has 4 heterocycles. The Hall–Kier alpha value is -2.19. The normalized spacial score (nSPS) is 14.6. The number of nitrogens with two attached hydrogens (primary N) is 1. The molecular weight excluding hydrogens is 274 g/mol. The summed E-state index contributed by atoms with van der Waals surface area (Å²) in [5.41, 5.74) is 2.54. The standard InChI is InChI=1S/C12H13N7S/c13-17-12-15-10(8-1-6-20-11(8)16-12)19-5-4-18-3-2-14-9(18)7-19/h1-3,6H,4-5,7,13H2,(H,15,16,17). The third-order valence-corrected chi connectivity index (χ3v) is 4.29. The van der Waals surface area contributed by atoms with Crippen molar-refractivity contribution in [2.45, 2.75) is 13.1 Å². The van der Waals surface area contributed by atoms with E-state index in [4.69, 9.17) is 5.84 Å². The van der Waals surface area contributed by atoms with E-state index in [1.807, 2.05) is 17.8 Å². The summed E-state index contributed by atoms with van der Waals surface area (Å²) in [5.74, 6) is 7.88. The lowest BCUT2D eigenvalue weighted by Gasteiger charge is -2.29. The predicted octanol–water partition coefficient (Wildman–Crippen LogP) is 1.19. The van der Waals surface area contributed by atoms with Gasteiger partial charge < -0.3 is 9.47 Å². The number of hydrazine groups is 1. The third-order valence-electron chi connectivity index (χ3n) is 3.48. The topological polar surface area (TPSA) is 84.9 Å². The van der Waals surface area contributed by atoms with Gasteiger partial charge in [0.15, 0.2) is 0 Å². The summed E-state index contributed by atoms with van der Waals surface area (Å²) in [5, 5.41) is 3.09. The van der Waals surface area contributed by atoms with E-state index in [1.54, 1.807) is 11.3 Å². The summed E-state index contributed by atoms with van der Waals surface area (Å²) in [6.45, 7) is 2.56. The minimum absolute atomic E-state index is 0.448. The average molecular weight is 287 g/mol. The molecule has 0 saturated heterocycles. The maximum Gasteiger partial charge on any atom is 0.240 e. The van der Waals surface area contributed by atoms with Gasteiger partial charge in [-0.2, -0.15) is 4.98 Å². The van der Waals surface area contributed by atoms with Gasteiger partial charge in [-0.25, -0.2) is 15.8 Å². The first-order valence-electron chi connectivity index (χ1n) is 6.32. The van der Waals surface area contributed by atoms with Gasteiger partial charge in [0, 0.05) is 25.5 Å². The molecule has 0 aliphatic carbocycles. The van der Waals surface area contributed by atoms with Crippen molar-refractivity contribution in [1.29, 1.82) is 0 Å². The van der Waals surface area contributed by atoms with Crippen LogP contribution in [-0.2, 0) is 13.1 Å². The summed E-state index contributed by atoms with van der Waals surface area (Å²) < 4.78 is 2.17. The van der Waals surface area contributed by atoms with Gasteiger partial charge >= 0.3 is 0 Å². The molecule has 3 aromatic rings. The molecule has 3 aromatic heterocycles. The fourth-order valence-corrected chi connectivity index (χ4v) is 3.26. The van der Waals surface area contributed by atoms with Gasteiger partial charge in [-0.1, -0.05) is 0 Å². The first-order chi connectivity index (χ1) is 9.85. The molecule has 0 fully saturated rings. The average Bonchev–Trinajstić information content (AvgIpc) is 3.13. The highest BCUT2D eigenvalue weighted by Crippen LogP contribution is 2.30. The minimum Gasteiger partial charge on any atom is -0.347 e. The second-order valence-corrected chi connectivity index (χ2v) is 5.51. The number of fused-ring (bicyclic) bond motifs is 2. The Balaban J connectivity index is 1.80. The molecule has 102 valence electrons. The molecule has 1 aliphatic rings. The number of nitrogens with one attached hydrogen (secondary N) is 1. The molecule has 0 radical (unpaired) electrons. The summed E-state index contributed by atoms with van der Waals surface area (Å²) in [6.07, 6.45) is 3.85. The van der Waals surface area contributed by atoms with E-state index in [2.05, 4.69) is 35.9 Å². The molecule has 0 aromatic carbocycles. The van der Waals surface area contributed by atoms with Crippen LogP contribution >= 0.6 is 11.3 Å². The van der Waals surface area contributed by atoms with Gasteiger partial charge in [-0.3, -0.25) is 5.43 Å². The number of thiophene rings is 1. The van der Waals surface area contributed by atoms with E-state index in [0.29, 0.717) is 5.95 Å². The van der Waals surface area contributed by atoms with Crippen LogP contribution in [0.25, 0.3) is 10.2 Å². The first kappa shape index (κ1) is 11.6. The van der Waals surface area contributed by atoms with Crippen molar-refractivity contribution in [3.05, 3.63) is 29.7 Å². The van der Waals surface area contributed by atoms with Crippen LogP contribution in [0.4, 0.5) is 11.8 Å². The van der Waals surface area contributed by atoms with Crippen molar-refractivity contribution in [3.63, 3.8) is 0 Å². The fourth-order valence-electron chi connectivity index (χ4n) is 2.50. The Morgan fingerprint density at radius 3 is 3.15 bits per heavy atom. The predicted molar refractivity (Wildman–Crippen MR) is 78.5 cm³/mol. The molecule has 8 heteroatoms. The Labute approximate surface area is 119 Å². The van der Waals surface area contributed by atoms with Gasteiger partial charge in [0.05, 0.1) is 11.9 Å². The van der Waals surface area contributed by atoms with E-state index in [9.17, 15) is 0 Å². The molecule has 7 nitrogen and oxygen atoms in total. The summed E-state index contributed by atoms with van der Waals surface area (Å²) >= 11 is 1.59. The number of anilines is 2. The molecule has 0 amide bonds. The van der Waals surface area contributed by atoms with E-state index in [0.717, 1.165) is 41.5 Å². The zero-order valence-corrected chi connectivity index (χ0v) is 11.5. The second-order valence-electron chi connectivity index (χ2n) is 4.61. The number of hydrogen-bond acceptors (Lipinski definition) is 7. The monoisotopic (exact) mass is 287 g/mol. The maximum absolute atomic E-state index is 5.46. The number of imidazole rings is 1. The maximum atomic E-state index is 5.46. The summed E-state index contributed by atoms with van der Waals surface area (Å²) in [7, 11) is 0. The third kappa shape index (κ3) is 1.73. The first-order valence-corrected chi connectivity index (χ1v) is 7.20. The van der Waals surface area contributed by atoms with Crippen LogP contribution in [0.5, 0.6) is 0 Å². The number of nitrogen functional groups attached to an aromatic ring is 1. The highest BCUT2D eigenvalue weighted by Gasteiger charge is 2.21. The fraction of sp³-hybridized carbons (Fsp3) is 0.250. The van der Waals surface area contributed by atoms with Crippen molar-refractivity contribution >= 4 is 33.3 Å². The number of nitrogens with zero attached hydrogens (tertiary/aromatic N) is 5. The zero-order chi connectivity index (χ0) is 13.5. The van der Waals surface area contributed by atoms with E-state index >= 15 is 0 Å². The van der Waals surface area contributed by atoms with E-state index < -0.39 is 0 Å². The molecule has 3 N–H and O–H groups in total. The molecular formula is C12H13N7S. The van der Waals surface area contributed by atoms with Crippen LogP contribution in [0.3, 0.4) is 0 Å². The van der Waals surface area contributed by atoms with Crippen LogP contribution < -0.4 is 16.2 Å². The van der Waals surface area contributed by atoms with Crippen LogP contribution in [0, 0.1) is 0 Å². The lowest BCUT2D eigenvalue weighted by Crippen LogP contribution is -2.34. The molecule has 4 rings (SSSR count). The molecule has 0 unspecified atom stereocenters. The molecule has 0 bridgehead atoms. The minimum atomic E-state index is 0.448. The van der Waals surface area contributed by atoms with E-state index in [-0.39, 0.29) is 0 Å². The lowest BCUT2D eigenvalue weighted by molar-refractivity contribution is 0.557. The molecule has 20 heavy (non-hydrogen) atoms. The van der Waals surface area contributed by atoms with Crippen molar-refractivity contribution < 1.29 is 0 Å². The Morgan fingerprint density at radius 1 is 1.30 bits per heavy atom. The highest BCUT2D eigenvalue weighted by atomic mass is 32.1. The summed E-state index contributed by atoms with van der Waals surface area (Å²) in [4.78, 5) is 16.4. The number of hydrogen-bond donors (Lipinski definition) is 2. The van der Waals surface area contributed by atoms with Crippen molar-refractivity contribution in [2.75, 3.05) is 16.9 Å². The molecule has 0 atom stereocenters. The largest absolute Gasteiger partial charge is 0.347 e. The zero-order valence-electron chi connectivity index (χ0n) is 10.7. The number of rotatable bonds is 2. The van der Waals surface area contributed by atoms with Crippen LogP contribution in [-0.4, -0.2) is 26.1 Å².